The van der Waals surface area contributed by atoms with Crippen molar-refractivity contribution in [2.75, 3.05) is 0 Å². The molecule has 1 aliphatic carbocycles. The molecule has 2 aromatic rings. The molecule has 0 amide bonds. The Morgan fingerprint density at radius 1 is 1.11 bits per heavy atom. The molecule has 3 rings (SSSR count). The molecule has 1 unspecified atom stereocenters. The van der Waals surface area contributed by atoms with Crippen LogP contribution in [0.4, 0.5) is 0 Å². The van der Waals surface area contributed by atoms with E-state index in [0.717, 1.165) is 6.42 Å². The van der Waals surface area contributed by atoms with Gasteiger partial charge in [-0.1, -0.05) is 89.6 Å². The molecular weight excluding hydrogens is 344 g/mol. The minimum Gasteiger partial charge on any atom is -0.478 e. The Kier molecular flexibility index (Phi) is 7.23. The van der Waals surface area contributed by atoms with Gasteiger partial charge in [0.05, 0.1) is 0 Å². The Hall–Kier alpha value is -2.35. The largest absolute Gasteiger partial charge is 0.478 e. The van der Waals surface area contributed by atoms with Crippen LogP contribution in [0.5, 0.6) is 0 Å². The molecule has 2 nitrogen and oxygen atoms in total. The van der Waals surface area contributed by atoms with Crippen LogP contribution in [0.2, 0.25) is 0 Å². The predicted octanol–water partition coefficient (Wildman–Crippen LogP) is 7.22. The van der Waals surface area contributed by atoms with E-state index in [-0.39, 0.29) is 5.57 Å². The van der Waals surface area contributed by atoms with Gasteiger partial charge < -0.3 is 5.11 Å². The summed E-state index contributed by atoms with van der Waals surface area (Å²) in [6.45, 7) is 14.1. The molecule has 1 aliphatic rings. The first-order valence-electron chi connectivity index (χ1n) is 10.3. The highest BCUT2D eigenvalue weighted by Gasteiger charge is 2.30. The summed E-state index contributed by atoms with van der Waals surface area (Å²) in [5, 5.41) is 7.89. The number of unbranched alkanes of at least 4 members (excludes halogenated alkanes) is 1. The predicted molar refractivity (Wildman–Crippen MR) is 119 cm³/mol. The molecule has 0 radical (unpaired) electrons. The fraction of sp³-hybridized carbons (Fsp3) is 0.423. The first-order chi connectivity index (χ1) is 13.2. The Balaban J connectivity index is 0.000000409. The van der Waals surface area contributed by atoms with E-state index >= 15 is 0 Å². The lowest BCUT2D eigenvalue weighted by molar-refractivity contribution is -0.132. The van der Waals surface area contributed by atoms with Gasteiger partial charge in [0.25, 0.3) is 0 Å². The fourth-order valence-electron chi connectivity index (χ4n) is 3.97. The molecule has 0 aromatic heterocycles. The summed E-state index contributed by atoms with van der Waals surface area (Å²) >= 11 is 0. The summed E-state index contributed by atoms with van der Waals surface area (Å²) < 4.78 is 0. The van der Waals surface area contributed by atoms with E-state index in [9.17, 15) is 4.79 Å². The average Bonchev–Trinajstić information content (AvgIpc) is 3.01. The van der Waals surface area contributed by atoms with Crippen molar-refractivity contribution in [1.29, 1.82) is 0 Å². The molecule has 1 N–H and O–H groups in total. The third-order valence-electron chi connectivity index (χ3n) is 5.52. The molecule has 150 valence electrons. The summed E-state index contributed by atoms with van der Waals surface area (Å²) in [6.07, 6.45) is 5.01. The molecule has 0 heterocycles. The van der Waals surface area contributed by atoms with Gasteiger partial charge in [0.15, 0.2) is 0 Å². The number of hydrogen-bond donors (Lipinski definition) is 1. The third-order valence-corrected chi connectivity index (χ3v) is 5.52. The number of fused-ring (bicyclic) bond motifs is 3. The number of carbonyl (C=O) groups is 1. The molecule has 28 heavy (non-hydrogen) atoms. The highest BCUT2D eigenvalue weighted by molar-refractivity contribution is 5.84. The van der Waals surface area contributed by atoms with Gasteiger partial charge in [0, 0.05) is 5.57 Å². The van der Waals surface area contributed by atoms with Gasteiger partial charge in [-0.2, -0.15) is 0 Å². The molecular formula is C26H34O2. The first kappa shape index (κ1) is 21.9. The zero-order chi connectivity index (χ0) is 20.9. The number of hydrogen-bond acceptors (Lipinski definition) is 1. The summed E-state index contributed by atoms with van der Waals surface area (Å²) in [5.74, 6) is -0.285. The Morgan fingerprint density at radius 3 is 2.29 bits per heavy atom. The SMILES string of the molecule is C=C(C)C(=O)O.CCCCC(c1cccc2c1Cc1ccccc1-2)C(C)(C)C. The number of carboxylic acid groups (broad SMARTS) is 1. The highest BCUT2D eigenvalue weighted by atomic mass is 16.4. The van der Waals surface area contributed by atoms with Crippen LogP contribution in [-0.4, -0.2) is 11.1 Å². The van der Waals surface area contributed by atoms with Gasteiger partial charge in [0.2, 0.25) is 0 Å². The second kappa shape index (κ2) is 9.23. The van der Waals surface area contributed by atoms with E-state index in [4.69, 9.17) is 5.11 Å². The van der Waals surface area contributed by atoms with Crippen molar-refractivity contribution in [3.63, 3.8) is 0 Å². The molecule has 0 aliphatic heterocycles. The van der Waals surface area contributed by atoms with Crippen LogP contribution in [-0.2, 0) is 11.2 Å². The molecule has 2 heteroatoms. The Labute approximate surface area is 170 Å². The van der Waals surface area contributed by atoms with E-state index in [1.807, 2.05) is 0 Å². The van der Waals surface area contributed by atoms with Crippen molar-refractivity contribution in [2.24, 2.45) is 5.41 Å². The van der Waals surface area contributed by atoms with Gasteiger partial charge in [-0.05, 0) is 58.9 Å². The summed E-state index contributed by atoms with van der Waals surface area (Å²) in [7, 11) is 0. The van der Waals surface area contributed by atoms with Crippen LogP contribution in [0, 0.1) is 5.41 Å². The zero-order valence-electron chi connectivity index (χ0n) is 18.0. The topological polar surface area (TPSA) is 37.3 Å². The van der Waals surface area contributed by atoms with E-state index in [1.54, 1.807) is 11.1 Å². The molecule has 0 saturated carbocycles. The third kappa shape index (κ3) is 5.13. The molecule has 0 spiro atoms. The van der Waals surface area contributed by atoms with Crippen molar-refractivity contribution in [1.82, 2.24) is 0 Å². The van der Waals surface area contributed by atoms with Crippen LogP contribution in [0.3, 0.4) is 0 Å². The molecule has 0 bridgehead atoms. The second-order valence-electron chi connectivity index (χ2n) is 8.85. The Morgan fingerprint density at radius 2 is 1.71 bits per heavy atom. The summed E-state index contributed by atoms with van der Waals surface area (Å²) in [5.41, 5.74) is 8.08. The summed E-state index contributed by atoms with van der Waals surface area (Å²) in [4.78, 5) is 9.60. The Bertz CT molecular complexity index is 828. The quantitative estimate of drug-likeness (QED) is 0.476. The lowest BCUT2D eigenvalue weighted by atomic mass is 9.72. The highest BCUT2D eigenvalue weighted by Crippen LogP contribution is 2.46. The van der Waals surface area contributed by atoms with Crippen LogP contribution < -0.4 is 0 Å². The van der Waals surface area contributed by atoms with Crippen molar-refractivity contribution in [3.8, 4) is 11.1 Å². The van der Waals surface area contributed by atoms with Gasteiger partial charge in [-0.15, -0.1) is 0 Å². The average molecular weight is 379 g/mol. The van der Waals surface area contributed by atoms with Crippen LogP contribution in [0.1, 0.15) is 76.5 Å². The minimum atomic E-state index is -0.935. The lowest BCUT2D eigenvalue weighted by Gasteiger charge is -2.33. The van der Waals surface area contributed by atoms with Crippen LogP contribution in [0.15, 0.2) is 54.6 Å². The summed E-state index contributed by atoms with van der Waals surface area (Å²) in [6, 6.07) is 15.9. The van der Waals surface area contributed by atoms with Gasteiger partial charge in [-0.3, -0.25) is 0 Å². The number of aliphatic carboxylic acids is 1. The van der Waals surface area contributed by atoms with E-state index < -0.39 is 5.97 Å². The number of benzene rings is 2. The first-order valence-corrected chi connectivity index (χ1v) is 10.3. The molecule has 0 saturated heterocycles. The second-order valence-corrected chi connectivity index (χ2v) is 8.85. The standard InChI is InChI=1S/C22H28.C4H6O2/c1-5-6-14-21(22(2,3)4)19-13-9-12-18-17-11-8-7-10-16(17)15-20(18)19;1-3(2)4(5)6/h7-13,21H,5-6,14-15H2,1-4H3;1H2,2H3,(H,5,6). The molecule has 0 fully saturated rings. The fourth-order valence-corrected chi connectivity index (χ4v) is 3.97. The van der Waals surface area contributed by atoms with Gasteiger partial charge in [-0.25, -0.2) is 4.79 Å². The number of rotatable bonds is 5. The van der Waals surface area contributed by atoms with E-state index in [1.165, 1.54) is 42.9 Å². The molecule has 2 aromatic carbocycles. The normalized spacial score (nSPS) is 13.0. The smallest absolute Gasteiger partial charge is 0.330 e. The minimum absolute atomic E-state index is 0.176. The molecule has 1 atom stereocenters. The van der Waals surface area contributed by atoms with Gasteiger partial charge in [0.1, 0.15) is 0 Å². The van der Waals surface area contributed by atoms with Crippen molar-refractivity contribution in [2.45, 2.75) is 66.2 Å². The van der Waals surface area contributed by atoms with Crippen LogP contribution in [0.25, 0.3) is 11.1 Å². The monoisotopic (exact) mass is 378 g/mol. The maximum absolute atomic E-state index is 9.60. The van der Waals surface area contributed by atoms with Crippen molar-refractivity contribution >= 4 is 5.97 Å². The van der Waals surface area contributed by atoms with Gasteiger partial charge >= 0.3 is 5.97 Å². The lowest BCUT2D eigenvalue weighted by Crippen LogP contribution is -2.20. The zero-order valence-corrected chi connectivity index (χ0v) is 18.0. The van der Waals surface area contributed by atoms with Crippen LogP contribution >= 0.6 is 0 Å². The van der Waals surface area contributed by atoms with E-state index in [0.29, 0.717) is 11.3 Å². The van der Waals surface area contributed by atoms with Crippen molar-refractivity contribution < 1.29 is 9.90 Å². The maximum Gasteiger partial charge on any atom is 0.330 e. The number of carboxylic acids is 1. The maximum atomic E-state index is 9.60. The van der Waals surface area contributed by atoms with Crippen molar-refractivity contribution in [3.05, 3.63) is 71.3 Å². The van der Waals surface area contributed by atoms with E-state index in [2.05, 4.69) is 76.7 Å².